The highest BCUT2D eigenvalue weighted by Gasteiger charge is 2.31. The highest BCUT2D eigenvalue weighted by molar-refractivity contribution is 6.30. The van der Waals surface area contributed by atoms with Crippen LogP contribution >= 0.6 is 11.6 Å². The fraction of sp³-hybridized carbons (Fsp3) is 0.130. The second kappa shape index (κ2) is 10.9. The van der Waals surface area contributed by atoms with Gasteiger partial charge >= 0.3 is 18.2 Å². The van der Waals surface area contributed by atoms with E-state index in [0.29, 0.717) is 10.7 Å². The van der Waals surface area contributed by atoms with Crippen LogP contribution < -0.4 is 20.9 Å². The Morgan fingerprint density at radius 2 is 1.59 bits per heavy atom. The third-order valence-electron chi connectivity index (χ3n) is 4.53. The number of benzene rings is 3. The van der Waals surface area contributed by atoms with Crippen LogP contribution in [0.4, 0.5) is 44.2 Å². The van der Waals surface area contributed by atoms with Crippen molar-refractivity contribution in [2.45, 2.75) is 6.18 Å². The molecule has 0 radical (unpaired) electrons. The Balaban J connectivity index is 1.72. The maximum atomic E-state index is 13.3. The number of nitrogens with one attached hydrogen (secondary N) is 3. The van der Waals surface area contributed by atoms with Crippen molar-refractivity contribution in [3.8, 4) is 0 Å². The first-order valence-electron chi connectivity index (χ1n) is 9.93. The largest absolute Gasteiger partial charge is 0.416 e. The number of hydrogen-bond donors (Lipinski definition) is 3. The van der Waals surface area contributed by atoms with Gasteiger partial charge in [-0.05, 0) is 60.7 Å². The monoisotopic (exact) mass is 494 g/mol. The molecule has 0 aliphatic rings. The van der Waals surface area contributed by atoms with Gasteiger partial charge in [0.25, 0.3) is 0 Å². The van der Waals surface area contributed by atoms with E-state index < -0.39 is 29.6 Å². The van der Waals surface area contributed by atoms with Crippen molar-refractivity contribution in [1.29, 1.82) is 0 Å². The zero-order valence-corrected chi connectivity index (χ0v) is 18.3. The van der Waals surface area contributed by atoms with Gasteiger partial charge in [-0.2, -0.15) is 13.2 Å². The molecule has 0 unspecified atom stereocenters. The van der Waals surface area contributed by atoms with Crippen molar-refractivity contribution in [1.82, 2.24) is 5.32 Å². The standard InChI is InChI=1S/C23H19ClF4N4O2/c24-16-7-9-18(10-8-16)31-22(34)32(20-6-1-3-15(13-20)23(26,27)28)12-11-29-21(33)30-19-5-2-4-17(25)14-19/h1-10,13-14H,11-12H2,(H,31,34)(H2,29,30,33). The summed E-state index contributed by atoms with van der Waals surface area (Å²) >= 11 is 5.84. The van der Waals surface area contributed by atoms with Crippen LogP contribution in [0.15, 0.2) is 72.8 Å². The molecule has 11 heteroatoms. The van der Waals surface area contributed by atoms with Crippen molar-refractivity contribution < 1.29 is 27.2 Å². The molecule has 0 aromatic heterocycles. The number of hydrogen-bond acceptors (Lipinski definition) is 2. The van der Waals surface area contributed by atoms with Gasteiger partial charge in [-0.25, -0.2) is 14.0 Å². The lowest BCUT2D eigenvalue weighted by Gasteiger charge is -2.24. The molecular weight excluding hydrogens is 476 g/mol. The summed E-state index contributed by atoms with van der Waals surface area (Å²) in [5.41, 5.74) is -0.351. The van der Waals surface area contributed by atoms with E-state index in [2.05, 4.69) is 16.0 Å². The number of carbonyl (C=O) groups excluding carboxylic acids is 2. The summed E-state index contributed by atoms with van der Waals surface area (Å²) in [5.74, 6) is -0.535. The number of amides is 4. The third-order valence-corrected chi connectivity index (χ3v) is 4.78. The van der Waals surface area contributed by atoms with Crippen LogP contribution in [0.2, 0.25) is 5.02 Å². The maximum absolute atomic E-state index is 13.3. The summed E-state index contributed by atoms with van der Waals surface area (Å²) in [4.78, 5) is 26.1. The average molecular weight is 495 g/mol. The zero-order chi connectivity index (χ0) is 24.7. The number of rotatable bonds is 6. The van der Waals surface area contributed by atoms with E-state index in [0.717, 1.165) is 23.1 Å². The molecule has 0 aliphatic carbocycles. The summed E-state index contributed by atoms with van der Waals surface area (Å²) in [5, 5.41) is 7.95. The Labute approximate surface area is 197 Å². The fourth-order valence-corrected chi connectivity index (χ4v) is 3.07. The van der Waals surface area contributed by atoms with Crippen molar-refractivity contribution in [2.24, 2.45) is 0 Å². The molecule has 0 saturated heterocycles. The number of urea groups is 2. The molecule has 34 heavy (non-hydrogen) atoms. The zero-order valence-electron chi connectivity index (χ0n) is 17.5. The quantitative estimate of drug-likeness (QED) is 0.349. The van der Waals surface area contributed by atoms with Crippen molar-refractivity contribution in [3.63, 3.8) is 0 Å². The smallest absolute Gasteiger partial charge is 0.336 e. The van der Waals surface area contributed by atoms with E-state index in [1.54, 1.807) is 12.1 Å². The fourth-order valence-electron chi connectivity index (χ4n) is 2.94. The molecule has 0 saturated carbocycles. The first-order chi connectivity index (χ1) is 16.1. The summed E-state index contributed by atoms with van der Waals surface area (Å²) in [6.45, 7) is -0.261. The highest BCUT2D eigenvalue weighted by atomic mass is 35.5. The van der Waals surface area contributed by atoms with E-state index in [1.807, 2.05) is 0 Å². The lowest BCUT2D eigenvalue weighted by molar-refractivity contribution is -0.137. The van der Waals surface area contributed by atoms with Gasteiger partial charge in [0.1, 0.15) is 5.82 Å². The van der Waals surface area contributed by atoms with E-state index >= 15 is 0 Å². The number of halogens is 5. The van der Waals surface area contributed by atoms with Gasteiger partial charge in [-0.15, -0.1) is 0 Å². The summed E-state index contributed by atoms with van der Waals surface area (Å²) in [6.07, 6.45) is -4.60. The molecular formula is C23H19ClF4N4O2. The van der Waals surface area contributed by atoms with Crippen LogP contribution in [0.5, 0.6) is 0 Å². The van der Waals surface area contributed by atoms with Gasteiger partial charge in [0.05, 0.1) is 5.56 Å². The summed E-state index contributed by atoms with van der Waals surface area (Å²) in [6, 6.07) is 14.3. The van der Waals surface area contributed by atoms with E-state index in [9.17, 15) is 27.2 Å². The first-order valence-corrected chi connectivity index (χ1v) is 10.3. The van der Waals surface area contributed by atoms with Gasteiger partial charge in [0.15, 0.2) is 0 Å². The molecule has 0 bridgehead atoms. The molecule has 3 rings (SSSR count). The maximum Gasteiger partial charge on any atom is 0.416 e. The average Bonchev–Trinajstić information content (AvgIpc) is 2.78. The van der Waals surface area contributed by atoms with Crippen LogP contribution in [0, 0.1) is 5.82 Å². The first kappa shape index (κ1) is 24.8. The molecule has 0 spiro atoms. The molecule has 3 aromatic carbocycles. The molecule has 0 heterocycles. The Kier molecular flexibility index (Phi) is 7.95. The Morgan fingerprint density at radius 3 is 2.26 bits per heavy atom. The number of nitrogens with zero attached hydrogens (tertiary/aromatic N) is 1. The molecule has 3 aromatic rings. The minimum absolute atomic E-state index is 0.0198. The molecule has 0 aliphatic heterocycles. The minimum atomic E-state index is -4.60. The topological polar surface area (TPSA) is 73.5 Å². The predicted molar refractivity (Wildman–Crippen MR) is 123 cm³/mol. The molecule has 3 N–H and O–H groups in total. The molecule has 178 valence electrons. The number of alkyl halides is 3. The third kappa shape index (κ3) is 7.11. The van der Waals surface area contributed by atoms with Gasteiger partial charge < -0.3 is 16.0 Å². The highest BCUT2D eigenvalue weighted by Crippen LogP contribution is 2.31. The van der Waals surface area contributed by atoms with E-state index in [4.69, 9.17) is 11.6 Å². The van der Waals surface area contributed by atoms with Crippen molar-refractivity contribution in [3.05, 3.63) is 89.2 Å². The summed E-state index contributed by atoms with van der Waals surface area (Å²) in [7, 11) is 0. The number of anilines is 3. The Hall–Kier alpha value is -3.79. The van der Waals surface area contributed by atoms with Crippen molar-refractivity contribution in [2.75, 3.05) is 28.6 Å². The van der Waals surface area contributed by atoms with Crippen molar-refractivity contribution >= 4 is 40.7 Å². The minimum Gasteiger partial charge on any atom is -0.336 e. The normalized spacial score (nSPS) is 11.0. The molecule has 4 amide bonds. The van der Waals surface area contributed by atoms with Gasteiger partial charge in [0, 0.05) is 35.2 Å². The van der Waals surface area contributed by atoms with Crippen LogP contribution in [-0.4, -0.2) is 25.2 Å². The van der Waals surface area contributed by atoms with Crippen LogP contribution in [-0.2, 0) is 6.18 Å². The van der Waals surface area contributed by atoms with E-state index in [1.165, 1.54) is 42.5 Å². The summed E-state index contributed by atoms with van der Waals surface area (Å²) < 4.78 is 52.8. The second-order valence-corrected chi connectivity index (χ2v) is 7.46. The Morgan fingerprint density at radius 1 is 0.882 bits per heavy atom. The van der Waals surface area contributed by atoms with Crippen LogP contribution in [0.25, 0.3) is 0 Å². The SMILES string of the molecule is O=C(NCCN(C(=O)Nc1ccc(Cl)cc1)c1cccc(C(F)(F)F)c1)Nc1cccc(F)c1. The predicted octanol–water partition coefficient (Wildman–Crippen LogP) is 6.36. The van der Waals surface area contributed by atoms with Gasteiger partial charge in [0.2, 0.25) is 0 Å². The van der Waals surface area contributed by atoms with Crippen LogP contribution in [0.3, 0.4) is 0 Å². The number of carbonyl (C=O) groups is 2. The molecule has 0 atom stereocenters. The Bertz CT molecular complexity index is 1160. The van der Waals surface area contributed by atoms with Gasteiger partial charge in [-0.1, -0.05) is 23.7 Å². The second-order valence-electron chi connectivity index (χ2n) is 7.03. The lowest BCUT2D eigenvalue weighted by Crippen LogP contribution is -2.42. The van der Waals surface area contributed by atoms with Crippen LogP contribution in [0.1, 0.15) is 5.56 Å². The molecule has 6 nitrogen and oxygen atoms in total. The molecule has 0 fully saturated rings. The lowest BCUT2D eigenvalue weighted by atomic mass is 10.2. The van der Waals surface area contributed by atoms with Gasteiger partial charge in [-0.3, -0.25) is 4.90 Å². The van der Waals surface area contributed by atoms with E-state index in [-0.39, 0.29) is 24.5 Å².